The molecule has 4 heteroatoms. The molecule has 0 aromatic heterocycles. The lowest BCUT2D eigenvalue weighted by atomic mass is 10.1. The predicted octanol–water partition coefficient (Wildman–Crippen LogP) is 1.72. The topological polar surface area (TPSA) is 50.4 Å². The van der Waals surface area contributed by atoms with Gasteiger partial charge in [-0.3, -0.25) is 9.63 Å². The normalized spacial score (nSPS) is 16.6. The minimum absolute atomic E-state index is 0.127. The van der Waals surface area contributed by atoms with Crippen molar-refractivity contribution in [3.05, 3.63) is 34.9 Å². The molecule has 1 aromatic carbocycles. The van der Waals surface area contributed by atoms with Crippen molar-refractivity contribution < 1.29 is 9.63 Å². The number of rotatable bonds is 3. The maximum absolute atomic E-state index is 11.9. The van der Waals surface area contributed by atoms with Crippen LogP contribution in [0, 0.1) is 13.8 Å². The second-order valence-corrected chi connectivity index (χ2v) is 4.80. The smallest absolute Gasteiger partial charge is 0.274 e. The first-order valence-corrected chi connectivity index (χ1v) is 6.41. The molecule has 1 saturated heterocycles. The summed E-state index contributed by atoms with van der Waals surface area (Å²) >= 11 is 0. The van der Waals surface area contributed by atoms with E-state index in [1.165, 1.54) is 5.56 Å². The number of hydroxylamine groups is 1. The van der Waals surface area contributed by atoms with E-state index in [-0.39, 0.29) is 12.0 Å². The van der Waals surface area contributed by atoms with Crippen LogP contribution in [0.5, 0.6) is 0 Å². The van der Waals surface area contributed by atoms with E-state index >= 15 is 0 Å². The average Bonchev–Trinajstić information content (AvgIpc) is 2.40. The Bertz CT molecular complexity index is 426. The van der Waals surface area contributed by atoms with Gasteiger partial charge in [0.05, 0.1) is 6.10 Å². The monoisotopic (exact) mass is 248 g/mol. The maximum Gasteiger partial charge on any atom is 0.274 e. The van der Waals surface area contributed by atoms with Crippen LogP contribution in [0.1, 0.15) is 34.3 Å². The summed E-state index contributed by atoms with van der Waals surface area (Å²) in [5, 5.41) is 3.26. The van der Waals surface area contributed by atoms with Gasteiger partial charge in [-0.05, 0) is 63.0 Å². The summed E-state index contributed by atoms with van der Waals surface area (Å²) in [6.45, 7) is 5.93. The molecule has 0 bridgehead atoms. The van der Waals surface area contributed by atoms with Crippen LogP contribution < -0.4 is 10.8 Å². The van der Waals surface area contributed by atoms with E-state index in [4.69, 9.17) is 4.84 Å². The molecule has 0 radical (unpaired) electrons. The third kappa shape index (κ3) is 3.31. The number of benzene rings is 1. The predicted molar refractivity (Wildman–Crippen MR) is 70.4 cm³/mol. The van der Waals surface area contributed by atoms with Crippen molar-refractivity contribution in [2.45, 2.75) is 32.8 Å². The molecule has 0 aliphatic carbocycles. The van der Waals surface area contributed by atoms with E-state index in [1.54, 1.807) is 0 Å². The Morgan fingerprint density at radius 2 is 2.00 bits per heavy atom. The molecule has 1 heterocycles. The molecule has 1 fully saturated rings. The summed E-state index contributed by atoms with van der Waals surface area (Å²) < 4.78 is 0. The van der Waals surface area contributed by atoms with E-state index in [0.717, 1.165) is 31.5 Å². The molecule has 4 nitrogen and oxygen atoms in total. The number of hydrogen-bond acceptors (Lipinski definition) is 3. The van der Waals surface area contributed by atoms with Gasteiger partial charge in [0.15, 0.2) is 0 Å². The molecular formula is C14H20N2O2. The minimum Gasteiger partial charge on any atom is -0.317 e. The van der Waals surface area contributed by atoms with Gasteiger partial charge in [-0.1, -0.05) is 6.07 Å². The number of carbonyl (C=O) groups excluding carboxylic acids is 1. The van der Waals surface area contributed by atoms with Crippen LogP contribution in [0.4, 0.5) is 0 Å². The van der Waals surface area contributed by atoms with Gasteiger partial charge in [-0.15, -0.1) is 0 Å². The zero-order valence-corrected chi connectivity index (χ0v) is 11.0. The zero-order valence-electron chi connectivity index (χ0n) is 11.0. The van der Waals surface area contributed by atoms with Gasteiger partial charge < -0.3 is 5.32 Å². The molecule has 98 valence electrons. The second kappa shape index (κ2) is 5.98. The number of aryl methyl sites for hydroxylation is 2. The van der Waals surface area contributed by atoms with Crippen molar-refractivity contribution in [3.63, 3.8) is 0 Å². The largest absolute Gasteiger partial charge is 0.317 e. The Kier molecular flexibility index (Phi) is 4.33. The van der Waals surface area contributed by atoms with E-state index in [9.17, 15) is 4.79 Å². The highest BCUT2D eigenvalue weighted by Crippen LogP contribution is 2.10. The van der Waals surface area contributed by atoms with E-state index < -0.39 is 0 Å². The van der Waals surface area contributed by atoms with Gasteiger partial charge in [0.2, 0.25) is 0 Å². The fourth-order valence-corrected chi connectivity index (χ4v) is 1.99. The Morgan fingerprint density at radius 1 is 1.28 bits per heavy atom. The highest BCUT2D eigenvalue weighted by atomic mass is 16.7. The van der Waals surface area contributed by atoms with Crippen LogP contribution in [0.3, 0.4) is 0 Å². The fourth-order valence-electron chi connectivity index (χ4n) is 1.99. The summed E-state index contributed by atoms with van der Waals surface area (Å²) in [5.41, 5.74) is 5.50. The quantitative estimate of drug-likeness (QED) is 0.801. The Balaban J connectivity index is 1.88. The SMILES string of the molecule is Cc1ccc(C(=O)NOC2CCNCC2)cc1C. The number of amides is 1. The Morgan fingerprint density at radius 3 is 2.67 bits per heavy atom. The van der Waals surface area contributed by atoms with Crippen molar-refractivity contribution in [1.29, 1.82) is 0 Å². The summed E-state index contributed by atoms with van der Waals surface area (Å²) in [6, 6.07) is 5.66. The molecule has 0 unspecified atom stereocenters. The van der Waals surface area contributed by atoms with E-state index in [1.807, 2.05) is 32.0 Å². The summed E-state index contributed by atoms with van der Waals surface area (Å²) in [5.74, 6) is -0.170. The number of hydrogen-bond donors (Lipinski definition) is 2. The molecule has 0 atom stereocenters. The fraction of sp³-hybridized carbons (Fsp3) is 0.500. The Hall–Kier alpha value is -1.39. The lowest BCUT2D eigenvalue weighted by molar-refractivity contribution is -0.0282. The Labute approximate surface area is 108 Å². The van der Waals surface area contributed by atoms with Gasteiger partial charge in [0.25, 0.3) is 5.91 Å². The lowest BCUT2D eigenvalue weighted by Crippen LogP contribution is -2.37. The third-order valence-corrected chi connectivity index (χ3v) is 3.37. The van der Waals surface area contributed by atoms with Gasteiger partial charge in [0, 0.05) is 5.56 Å². The molecule has 1 aliphatic rings. The first-order valence-electron chi connectivity index (χ1n) is 6.41. The van der Waals surface area contributed by atoms with Gasteiger partial charge >= 0.3 is 0 Å². The first kappa shape index (κ1) is 13.1. The molecule has 2 N–H and O–H groups in total. The van der Waals surface area contributed by atoms with Crippen molar-refractivity contribution in [3.8, 4) is 0 Å². The second-order valence-electron chi connectivity index (χ2n) is 4.80. The molecule has 1 amide bonds. The number of nitrogens with one attached hydrogen (secondary N) is 2. The van der Waals surface area contributed by atoms with Crippen LogP contribution in [-0.2, 0) is 4.84 Å². The molecule has 0 spiro atoms. The van der Waals surface area contributed by atoms with Crippen LogP contribution >= 0.6 is 0 Å². The molecule has 1 aromatic rings. The van der Waals surface area contributed by atoms with Crippen LogP contribution in [-0.4, -0.2) is 25.1 Å². The van der Waals surface area contributed by atoms with Gasteiger partial charge in [0.1, 0.15) is 0 Å². The summed E-state index contributed by atoms with van der Waals surface area (Å²) in [7, 11) is 0. The van der Waals surface area contributed by atoms with Crippen LogP contribution in [0.2, 0.25) is 0 Å². The standard InChI is InChI=1S/C14H20N2O2/c1-10-3-4-12(9-11(10)2)14(17)16-18-13-5-7-15-8-6-13/h3-4,9,13,15H,5-8H2,1-2H3,(H,16,17). The molecule has 0 saturated carbocycles. The van der Waals surface area contributed by atoms with Crippen molar-refractivity contribution in [2.75, 3.05) is 13.1 Å². The minimum atomic E-state index is -0.170. The van der Waals surface area contributed by atoms with Crippen molar-refractivity contribution in [2.24, 2.45) is 0 Å². The lowest BCUT2D eigenvalue weighted by Gasteiger charge is -2.22. The van der Waals surface area contributed by atoms with E-state index in [0.29, 0.717) is 5.56 Å². The summed E-state index contributed by atoms with van der Waals surface area (Å²) in [6.07, 6.45) is 2.00. The maximum atomic E-state index is 11.9. The van der Waals surface area contributed by atoms with Gasteiger partial charge in [-0.25, -0.2) is 5.48 Å². The number of piperidine rings is 1. The van der Waals surface area contributed by atoms with Crippen molar-refractivity contribution >= 4 is 5.91 Å². The molecular weight excluding hydrogens is 228 g/mol. The highest BCUT2D eigenvalue weighted by molar-refractivity contribution is 5.93. The zero-order chi connectivity index (χ0) is 13.0. The molecule has 18 heavy (non-hydrogen) atoms. The third-order valence-electron chi connectivity index (χ3n) is 3.37. The van der Waals surface area contributed by atoms with Crippen molar-refractivity contribution in [1.82, 2.24) is 10.8 Å². The van der Waals surface area contributed by atoms with Crippen LogP contribution in [0.15, 0.2) is 18.2 Å². The first-order chi connectivity index (χ1) is 8.66. The molecule has 1 aliphatic heterocycles. The number of carbonyl (C=O) groups is 1. The average molecular weight is 248 g/mol. The summed E-state index contributed by atoms with van der Waals surface area (Å²) in [4.78, 5) is 17.3. The highest BCUT2D eigenvalue weighted by Gasteiger charge is 2.15. The van der Waals surface area contributed by atoms with Crippen LogP contribution in [0.25, 0.3) is 0 Å². The molecule has 2 rings (SSSR count). The van der Waals surface area contributed by atoms with E-state index in [2.05, 4.69) is 10.8 Å². The van der Waals surface area contributed by atoms with Gasteiger partial charge in [-0.2, -0.15) is 0 Å².